The quantitative estimate of drug-likeness (QED) is 0.554. The van der Waals surface area contributed by atoms with Gasteiger partial charge >= 0.3 is 0 Å². The van der Waals surface area contributed by atoms with Gasteiger partial charge in [-0.25, -0.2) is 9.98 Å². The number of thiazole rings is 1. The molecule has 0 bridgehead atoms. The van der Waals surface area contributed by atoms with Crippen molar-refractivity contribution in [3.05, 3.63) is 16.1 Å². The van der Waals surface area contributed by atoms with E-state index in [9.17, 15) is 4.79 Å². The van der Waals surface area contributed by atoms with E-state index in [-0.39, 0.29) is 5.91 Å². The van der Waals surface area contributed by atoms with Gasteiger partial charge in [0.15, 0.2) is 5.96 Å². The maximum absolute atomic E-state index is 11.4. The molecule has 1 saturated heterocycles. The maximum Gasteiger partial charge on any atom is 0.219 e. The molecule has 1 amide bonds. The number of aromatic nitrogens is 1. The van der Waals surface area contributed by atoms with Crippen LogP contribution in [0.4, 0.5) is 0 Å². The maximum atomic E-state index is 11.4. The van der Waals surface area contributed by atoms with Crippen molar-refractivity contribution in [1.29, 1.82) is 0 Å². The minimum atomic E-state index is 0.173. The molecular formula is C18H32N6OS. The molecule has 1 aliphatic heterocycles. The van der Waals surface area contributed by atoms with Crippen LogP contribution in [0, 0.1) is 0 Å². The van der Waals surface area contributed by atoms with Crippen molar-refractivity contribution in [3.8, 4) is 0 Å². The van der Waals surface area contributed by atoms with Crippen molar-refractivity contribution in [3.63, 3.8) is 0 Å². The number of amides is 1. The predicted octanol–water partition coefficient (Wildman–Crippen LogP) is 1.49. The van der Waals surface area contributed by atoms with Crippen LogP contribution in [0.1, 0.15) is 44.3 Å². The summed E-state index contributed by atoms with van der Waals surface area (Å²) in [5.74, 6) is 1.46. The van der Waals surface area contributed by atoms with Gasteiger partial charge in [0.25, 0.3) is 0 Å². The molecule has 1 aromatic rings. The van der Waals surface area contributed by atoms with Crippen molar-refractivity contribution in [2.45, 2.75) is 40.2 Å². The number of hydrogen-bond acceptors (Lipinski definition) is 5. The van der Waals surface area contributed by atoms with Crippen LogP contribution in [0.25, 0.3) is 0 Å². The first-order valence-corrected chi connectivity index (χ1v) is 10.3. The molecule has 146 valence electrons. The molecule has 0 unspecified atom stereocenters. The monoisotopic (exact) mass is 380 g/mol. The molecule has 7 nitrogen and oxygen atoms in total. The van der Waals surface area contributed by atoms with Gasteiger partial charge in [-0.05, 0) is 12.8 Å². The lowest BCUT2D eigenvalue weighted by Crippen LogP contribution is -2.50. The van der Waals surface area contributed by atoms with Gasteiger partial charge < -0.3 is 15.5 Å². The Morgan fingerprint density at radius 2 is 2.04 bits per heavy atom. The van der Waals surface area contributed by atoms with E-state index in [2.05, 4.69) is 51.7 Å². The number of hydrogen-bond donors (Lipinski definition) is 2. The summed E-state index contributed by atoms with van der Waals surface area (Å²) in [6.45, 7) is 14.8. The third-order valence-electron chi connectivity index (χ3n) is 4.42. The second-order valence-electron chi connectivity index (χ2n) is 6.79. The first kappa shape index (κ1) is 20.6. The Morgan fingerprint density at radius 3 is 2.62 bits per heavy atom. The number of rotatable bonds is 7. The summed E-state index contributed by atoms with van der Waals surface area (Å²) in [5.41, 5.74) is 1.14. The molecule has 1 fully saturated rings. The average molecular weight is 381 g/mol. The first-order valence-electron chi connectivity index (χ1n) is 9.44. The number of carbonyl (C=O) groups excluding carboxylic acids is 1. The summed E-state index contributed by atoms with van der Waals surface area (Å²) < 4.78 is 0. The molecule has 2 heterocycles. The van der Waals surface area contributed by atoms with Crippen LogP contribution in [0.15, 0.2) is 10.4 Å². The fourth-order valence-corrected chi connectivity index (χ4v) is 3.65. The molecule has 0 radical (unpaired) electrons. The number of guanidine groups is 1. The van der Waals surface area contributed by atoms with Gasteiger partial charge in [0, 0.05) is 58.1 Å². The summed E-state index contributed by atoms with van der Waals surface area (Å²) in [7, 11) is 0. The molecular weight excluding hydrogens is 348 g/mol. The number of nitrogens with zero attached hydrogens (tertiary/aromatic N) is 4. The van der Waals surface area contributed by atoms with Crippen molar-refractivity contribution >= 4 is 23.2 Å². The van der Waals surface area contributed by atoms with Gasteiger partial charge in [-0.1, -0.05) is 13.8 Å². The van der Waals surface area contributed by atoms with Gasteiger partial charge in [-0.3, -0.25) is 9.69 Å². The highest BCUT2D eigenvalue weighted by Crippen LogP contribution is 2.18. The van der Waals surface area contributed by atoms with E-state index in [4.69, 9.17) is 0 Å². The smallest absolute Gasteiger partial charge is 0.219 e. The molecule has 0 spiro atoms. The van der Waals surface area contributed by atoms with E-state index in [1.807, 2.05) is 4.90 Å². The van der Waals surface area contributed by atoms with Gasteiger partial charge in [0.2, 0.25) is 5.91 Å². The zero-order valence-corrected chi connectivity index (χ0v) is 17.2. The van der Waals surface area contributed by atoms with E-state index in [1.54, 1.807) is 18.3 Å². The second kappa shape index (κ2) is 10.5. The van der Waals surface area contributed by atoms with Crippen LogP contribution in [0.3, 0.4) is 0 Å². The predicted molar refractivity (Wildman–Crippen MR) is 108 cm³/mol. The molecule has 8 heteroatoms. The standard InChI is InChI=1S/C18H32N6OS/c1-5-19-18(21-12-17-22-16(13-26-17)14(2)3)20-6-7-23-8-10-24(11-9-23)15(4)25/h13-14H,5-12H2,1-4H3,(H2,19,20,21). The van der Waals surface area contributed by atoms with E-state index in [1.165, 1.54) is 0 Å². The molecule has 2 N–H and O–H groups in total. The minimum absolute atomic E-state index is 0.173. The van der Waals surface area contributed by atoms with Crippen LogP contribution >= 0.6 is 11.3 Å². The van der Waals surface area contributed by atoms with E-state index < -0.39 is 0 Å². The molecule has 0 saturated carbocycles. The zero-order chi connectivity index (χ0) is 18.9. The summed E-state index contributed by atoms with van der Waals surface area (Å²) in [6.07, 6.45) is 0. The summed E-state index contributed by atoms with van der Waals surface area (Å²) >= 11 is 1.67. The Hall–Kier alpha value is -1.67. The topological polar surface area (TPSA) is 72.9 Å². The van der Waals surface area contributed by atoms with Crippen LogP contribution in [0.2, 0.25) is 0 Å². The van der Waals surface area contributed by atoms with Crippen LogP contribution in [-0.2, 0) is 11.3 Å². The van der Waals surface area contributed by atoms with Crippen molar-refractivity contribution in [1.82, 2.24) is 25.4 Å². The van der Waals surface area contributed by atoms with E-state index >= 15 is 0 Å². The van der Waals surface area contributed by atoms with Crippen LogP contribution in [-0.4, -0.2) is 72.5 Å². The Kier molecular flexibility index (Phi) is 8.31. The zero-order valence-electron chi connectivity index (χ0n) is 16.4. The Morgan fingerprint density at radius 1 is 1.31 bits per heavy atom. The number of piperazine rings is 1. The lowest BCUT2D eigenvalue weighted by atomic mass is 10.2. The molecule has 0 aromatic carbocycles. The average Bonchev–Trinajstić information content (AvgIpc) is 3.09. The summed E-state index contributed by atoms with van der Waals surface area (Å²) in [6, 6.07) is 0. The Labute approximate surface area is 160 Å². The third kappa shape index (κ3) is 6.57. The molecule has 1 aromatic heterocycles. The highest BCUT2D eigenvalue weighted by Gasteiger charge is 2.17. The lowest BCUT2D eigenvalue weighted by Gasteiger charge is -2.34. The fourth-order valence-electron chi connectivity index (χ4n) is 2.77. The third-order valence-corrected chi connectivity index (χ3v) is 5.27. The van der Waals surface area contributed by atoms with Gasteiger partial charge in [0.05, 0.1) is 12.2 Å². The first-order chi connectivity index (χ1) is 12.5. The minimum Gasteiger partial charge on any atom is -0.357 e. The highest BCUT2D eigenvalue weighted by atomic mass is 32.1. The molecule has 0 atom stereocenters. The van der Waals surface area contributed by atoms with E-state index in [0.717, 1.165) is 62.5 Å². The summed E-state index contributed by atoms with van der Waals surface area (Å²) in [4.78, 5) is 24.9. The van der Waals surface area contributed by atoms with Gasteiger partial charge in [-0.15, -0.1) is 11.3 Å². The van der Waals surface area contributed by atoms with E-state index in [0.29, 0.717) is 12.5 Å². The fraction of sp³-hybridized carbons (Fsp3) is 0.722. The largest absolute Gasteiger partial charge is 0.357 e. The van der Waals surface area contributed by atoms with Crippen LogP contribution < -0.4 is 10.6 Å². The molecule has 2 rings (SSSR count). The Bertz CT molecular complexity index is 592. The SMILES string of the molecule is CCNC(=NCc1nc(C(C)C)cs1)NCCN1CCN(C(C)=O)CC1. The van der Waals surface area contributed by atoms with Crippen LogP contribution in [0.5, 0.6) is 0 Å². The molecule has 1 aliphatic rings. The highest BCUT2D eigenvalue weighted by molar-refractivity contribution is 7.09. The van der Waals surface area contributed by atoms with Crippen molar-refractivity contribution in [2.24, 2.45) is 4.99 Å². The number of carbonyl (C=O) groups is 1. The lowest BCUT2D eigenvalue weighted by molar-refractivity contribution is -0.130. The second-order valence-corrected chi connectivity index (χ2v) is 7.73. The number of nitrogens with one attached hydrogen (secondary N) is 2. The van der Waals surface area contributed by atoms with Crippen molar-refractivity contribution < 1.29 is 4.79 Å². The van der Waals surface area contributed by atoms with Crippen molar-refractivity contribution in [2.75, 3.05) is 45.8 Å². The molecule has 26 heavy (non-hydrogen) atoms. The molecule has 0 aliphatic carbocycles. The summed E-state index contributed by atoms with van der Waals surface area (Å²) in [5, 5.41) is 9.85. The van der Waals surface area contributed by atoms with Gasteiger partial charge in [0.1, 0.15) is 5.01 Å². The van der Waals surface area contributed by atoms with Gasteiger partial charge in [-0.2, -0.15) is 0 Å². The number of aliphatic imine (C=N–C) groups is 1. The Balaban J connectivity index is 1.76. The normalized spacial score (nSPS) is 16.2.